The van der Waals surface area contributed by atoms with E-state index in [1.165, 1.54) is 5.56 Å². The zero-order valence-corrected chi connectivity index (χ0v) is 19.3. The molecule has 0 bridgehead atoms. The van der Waals surface area contributed by atoms with Gasteiger partial charge in [-0.25, -0.2) is 0 Å². The van der Waals surface area contributed by atoms with Crippen LogP contribution in [0.15, 0.2) is 72.9 Å². The number of anilines is 2. The number of nitrogens with one attached hydrogen (secondary N) is 2. The monoisotopic (exact) mass is 455 g/mol. The Morgan fingerprint density at radius 3 is 2.56 bits per heavy atom. The first-order valence-corrected chi connectivity index (χ1v) is 11.8. The molecule has 0 atom stereocenters. The number of amides is 1. The van der Waals surface area contributed by atoms with Crippen LogP contribution >= 0.6 is 0 Å². The van der Waals surface area contributed by atoms with Crippen molar-refractivity contribution < 1.29 is 14.3 Å². The van der Waals surface area contributed by atoms with Gasteiger partial charge in [-0.15, -0.1) is 0 Å². The van der Waals surface area contributed by atoms with Gasteiger partial charge in [-0.05, 0) is 47.9 Å². The molecule has 174 valence electrons. The molecule has 1 amide bonds. The Morgan fingerprint density at radius 1 is 1.06 bits per heavy atom. The molecular formula is C28H29N3O3. The Hall–Kier alpha value is -3.77. The third-order valence-corrected chi connectivity index (χ3v) is 6.23. The van der Waals surface area contributed by atoms with Crippen LogP contribution in [0.2, 0.25) is 0 Å². The Bertz CT molecular complexity index is 1260. The number of ether oxygens (including phenoxy) is 2. The van der Waals surface area contributed by atoms with Crippen LogP contribution in [0.4, 0.5) is 11.4 Å². The van der Waals surface area contributed by atoms with Crippen molar-refractivity contribution in [2.45, 2.75) is 20.0 Å². The number of nitrogens with zero attached hydrogens (tertiary/aromatic N) is 1. The van der Waals surface area contributed by atoms with E-state index in [9.17, 15) is 4.79 Å². The fraction of sp³-hybridized carbons (Fsp3) is 0.250. The van der Waals surface area contributed by atoms with Crippen molar-refractivity contribution >= 4 is 28.2 Å². The standard InChI is InChI=1S/C28H29N3O3/c1-2-21-18-29-26-17-27(34-19-20-6-4-3-5-7-20)25(16-24(21)26)28(32)30-22-8-10-23(11-9-22)31-12-14-33-15-13-31/h3-11,16-18,29H,2,12-15,19H2,1H3,(H,30,32). The number of benzene rings is 3. The minimum atomic E-state index is -0.188. The Morgan fingerprint density at radius 2 is 1.82 bits per heavy atom. The van der Waals surface area contributed by atoms with Crippen LogP contribution in [-0.4, -0.2) is 37.2 Å². The van der Waals surface area contributed by atoms with E-state index in [-0.39, 0.29) is 5.91 Å². The lowest BCUT2D eigenvalue weighted by molar-refractivity contribution is 0.102. The number of aromatic amines is 1. The summed E-state index contributed by atoms with van der Waals surface area (Å²) in [7, 11) is 0. The number of rotatable bonds is 7. The lowest BCUT2D eigenvalue weighted by Gasteiger charge is -2.28. The smallest absolute Gasteiger partial charge is 0.259 e. The largest absolute Gasteiger partial charge is 0.488 e. The molecular weight excluding hydrogens is 426 g/mol. The van der Waals surface area contributed by atoms with E-state index in [0.29, 0.717) is 17.9 Å². The first kappa shape index (κ1) is 22.0. The van der Waals surface area contributed by atoms with E-state index >= 15 is 0 Å². The van der Waals surface area contributed by atoms with Crippen molar-refractivity contribution in [3.8, 4) is 5.75 Å². The molecule has 1 aromatic heterocycles. The molecule has 6 heteroatoms. The molecule has 0 saturated carbocycles. The number of hydrogen-bond acceptors (Lipinski definition) is 4. The van der Waals surface area contributed by atoms with Crippen molar-refractivity contribution in [3.05, 3.63) is 89.6 Å². The zero-order chi connectivity index (χ0) is 23.3. The number of carbonyl (C=O) groups is 1. The van der Waals surface area contributed by atoms with E-state index < -0.39 is 0 Å². The Balaban J connectivity index is 1.39. The van der Waals surface area contributed by atoms with Gasteiger partial charge in [0.15, 0.2) is 0 Å². The highest BCUT2D eigenvalue weighted by Crippen LogP contribution is 2.30. The number of hydrogen-bond donors (Lipinski definition) is 2. The molecule has 6 nitrogen and oxygen atoms in total. The van der Waals surface area contributed by atoms with Gasteiger partial charge in [0, 0.05) is 47.6 Å². The van der Waals surface area contributed by atoms with Gasteiger partial charge in [-0.3, -0.25) is 4.79 Å². The van der Waals surface area contributed by atoms with Gasteiger partial charge in [0.25, 0.3) is 5.91 Å². The summed E-state index contributed by atoms with van der Waals surface area (Å²) >= 11 is 0. The summed E-state index contributed by atoms with van der Waals surface area (Å²) in [5, 5.41) is 4.09. The van der Waals surface area contributed by atoms with Crippen molar-refractivity contribution in [2.75, 3.05) is 36.5 Å². The quantitative estimate of drug-likeness (QED) is 0.392. The highest BCUT2D eigenvalue weighted by Gasteiger charge is 2.18. The zero-order valence-electron chi connectivity index (χ0n) is 19.3. The number of fused-ring (bicyclic) bond motifs is 1. The van der Waals surface area contributed by atoms with Gasteiger partial charge in [-0.1, -0.05) is 37.3 Å². The maximum Gasteiger partial charge on any atom is 0.259 e. The average molecular weight is 456 g/mol. The molecule has 4 aromatic rings. The van der Waals surface area contributed by atoms with E-state index in [2.05, 4.69) is 22.1 Å². The van der Waals surface area contributed by atoms with E-state index in [1.54, 1.807) is 0 Å². The lowest BCUT2D eigenvalue weighted by atomic mass is 10.1. The predicted octanol–water partition coefficient (Wildman–Crippen LogP) is 5.40. The van der Waals surface area contributed by atoms with Crippen LogP contribution < -0.4 is 15.0 Å². The molecule has 1 saturated heterocycles. The van der Waals surface area contributed by atoms with Crippen LogP contribution in [-0.2, 0) is 17.8 Å². The topological polar surface area (TPSA) is 66.6 Å². The minimum Gasteiger partial charge on any atom is -0.488 e. The SMILES string of the molecule is CCc1c[nH]c2cc(OCc3ccccc3)c(C(=O)Nc3ccc(N4CCOCC4)cc3)cc12. The highest BCUT2D eigenvalue weighted by molar-refractivity contribution is 6.08. The van der Waals surface area contributed by atoms with Gasteiger partial charge in [0.1, 0.15) is 12.4 Å². The third-order valence-electron chi connectivity index (χ3n) is 6.23. The third kappa shape index (κ3) is 4.77. The number of aryl methyl sites for hydroxylation is 1. The van der Waals surface area contributed by atoms with Crippen LogP contribution in [0.25, 0.3) is 10.9 Å². The molecule has 0 radical (unpaired) electrons. The van der Waals surface area contributed by atoms with Crippen LogP contribution in [0, 0.1) is 0 Å². The van der Waals surface area contributed by atoms with Gasteiger partial charge in [-0.2, -0.15) is 0 Å². The number of carbonyl (C=O) groups excluding carboxylic acids is 1. The summed E-state index contributed by atoms with van der Waals surface area (Å²) in [6.45, 7) is 5.74. The second kappa shape index (κ2) is 10.0. The molecule has 0 unspecified atom stereocenters. The Kier molecular flexibility index (Phi) is 6.49. The molecule has 1 aliphatic heterocycles. The first-order valence-electron chi connectivity index (χ1n) is 11.8. The predicted molar refractivity (Wildman–Crippen MR) is 136 cm³/mol. The van der Waals surface area contributed by atoms with Crippen LogP contribution in [0.3, 0.4) is 0 Å². The molecule has 5 rings (SSSR count). The van der Waals surface area contributed by atoms with Crippen molar-refractivity contribution in [1.82, 2.24) is 4.98 Å². The van der Waals surface area contributed by atoms with Gasteiger partial charge in [0.2, 0.25) is 0 Å². The summed E-state index contributed by atoms with van der Waals surface area (Å²) in [5.74, 6) is 0.371. The second-order valence-electron chi connectivity index (χ2n) is 8.44. The highest BCUT2D eigenvalue weighted by atomic mass is 16.5. The van der Waals surface area contributed by atoms with Crippen LogP contribution in [0.5, 0.6) is 5.75 Å². The Labute approximate surface area is 199 Å². The maximum atomic E-state index is 13.4. The average Bonchev–Trinajstić information content (AvgIpc) is 3.30. The number of H-pyrrole nitrogens is 1. The van der Waals surface area contributed by atoms with E-state index in [0.717, 1.165) is 60.6 Å². The molecule has 3 aromatic carbocycles. The van der Waals surface area contributed by atoms with E-state index in [4.69, 9.17) is 9.47 Å². The number of aromatic nitrogens is 1. The van der Waals surface area contributed by atoms with Gasteiger partial charge < -0.3 is 24.7 Å². The van der Waals surface area contributed by atoms with Gasteiger partial charge in [0.05, 0.1) is 18.8 Å². The minimum absolute atomic E-state index is 0.188. The lowest BCUT2D eigenvalue weighted by Crippen LogP contribution is -2.36. The van der Waals surface area contributed by atoms with Crippen molar-refractivity contribution in [2.24, 2.45) is 0 Å². The summed E-state index contributed by atoms with van der Waals surface area (Å²) in [5.41, 5.74) is 5.60. The normalized spacial score (nSPS) is 13.7. The summed E-state index contributed by atoms with van der Waals surface area (Å²) < 4.78 is 11.6. The molecule has 1 fully saturated rings. The fourth-order valence-electron chi connectivity index (χ4n) is 4.31. The summed E-state index contributed by atoms with van der Waals surface area (Å²) in [4.78, 5) is 19.0. The molecule has 1 aliphatic rings. The molecule has 2 N–H and O–H groups in total. The first-order chi connectivity index (χ1) is 16.7. The van der Waals surface area contributed by atoms with Crippen molar-refractivity contribution in [3.63, 3.8) is 0 Å². The fourth-order valence-corrected chi connectivity index (χ4v) is 4.31. The molecule has 0 spiro atoms. The summed E-state index contributed by atoms with van der Waals surface area (Å²) in [6.07, 6.45) is 2.88. The second-order valence-corrected chi connectivity index (χ2v) is 8.44. The van der Waals surface area contributed by atoms with Crippen molar-refractivity contribution in [1.29, 1.82) is 0 Å². The maximum absolute atomic E-state index is 13.4. The van der Waals surface area contributed by atoms with Crippen LogP contribution in [0.1, 0.15) is 28.4 Å². The molecule has 0 aliphatic carbocycles. The van der Waals surface area contributed by atoms with Gasteiger partial charge >= 0.3 is 0 Å². The van der Waals surface area contributed by atoms with E-state index in [1.807, 2.05) is 72.9 Å². The molecule has 34 heavy (non-hydrogen) atoms. The summed E-state index contributed by atoms with van der Waals surface area (Å²) in [6, 6.07) is 21.8. The molecule has 2 heterocycles. The number of morpholine rings is 1.